The molecule has 0 N–H and O–H groups in total. The first kappa shape index (κ1) is 17.8. The SMILES string of the molecule is O=CCCc1nncn1Cc1ccc(-c2ccc(C(F)(F)F)cc2)cc1. The van der Waals surface area contributed by atoms with Gasteiger partial charge in [-0.1, -0.05) is 36.4 Å². The van der Waals surface area contributed by atoms with Gasteiger partial charge in [0.2, 0.25) is 0 Å². The molecule has 0 aliphatic carbocycles. The maximum absolute atomic E-state index is 12.6. The lowest BCUT2D eigenvalue weighted by Crippen LogP contribution is -2.05. The van der Waals surface area contributed by atoms with E-state index >= 15 is 0 Å². The molecule has 0 saturated heterocycles. The predicted molar refractivity (Wildman–Crippen MR) is 90.4 cm³/mol. The van der Waals surface area contributed by atoms with Gasteiger partial charge in [-0.3, -0.25) is 0 Å². The molecule has 7 heteroatoms. The number of nitrogens with zero attached hydrogens (tertiary/aromatic N) is 3. The molecule has 4 nitrogen and oxygen atoms in total. The molecule has 0 atom stereocenters. The van der Waals surface area contributed by atoms with Gasteiger partial charge in [0.15, 0.2) is 0 Å². The van der Waals surface area contributed by atoms with E-state index in [0.717, 1.165) is 40.9 Å². The maximum atomic E-state index is 12.6. The van der Waals surface area contributed by atoms with Gasteiger partial charge in [0.25, 0.3) is 0 Å². The molecule has 26 heavy (non-hydrogen) atoms. The summed E-state index contributed by atoms with van der Waals surface area (Å²) >= 11 is 0. The van der Waals surface area contributed by atoms with Crippen LogP contribution in [0, 0.1) is 0 Å². The summed E-state index contributed by atoms with van der Waals surface area (Å²) in [5.74, 6) is 0.740. The highest BCUT2D eigenvalue weighted by atomic mass is 19.4. The number of hydrogen-bond acceptors (Lipinski definition) is 3. The van der Waals surface area contributed by atoms with Gasteiger partial charge in [-0.05, 0) is 28.8 Å². The molecule has 3 aromatic rings. The Bertz CT molecular complexity index is 868. The highest BCUT2D eigenvalue weighted by Gasteiger charge is 2.29. The minimum Gasteiger partial charge on any atom is -0.313 e. The van der Waals surface area contributed by atoms with Crippen molar-refractivity contribution in [2.24, 2.45) is 0 Å². The van der Waals surface area contributed by atoms with Crippen molar-refractivity contribution in [3.05, 3.63) is 71.8 Å². The number of aryl methyl sites for hydroxylation is 1. The molecule has 3 rings (SSSR count). The van der Waals surface area contributed by atoms with E-state index in [9.17, 15) is 18.0 Å². The average Bonchev–Trinajstić information content (AvgIpc) is 3.07. The van der Waals surface area contributed by atoms with Gasteiger partial charge in [-0.25, -0.2) is 0 Å². The van der Waals surface area contributed by atoms with Gasteiger partial charge in [-0.2, -0.15) is 13.2 Å². The van der Waals surface area contributed by atoms with Crippen LogP contribution in [0.5, 0.6) is 0 Å². The molecule has 0 unspecified atom stereocenters. The van der Waals surface area contributed by atoms with Crippen LogP contribution in [0.1, 0.15) is 23.4 Å². The lowest BCUT2D eigenvalue weighted by Gasteiger charge is -2.09. The Hall–Kier alpha value is -2.96. The summed E-state index contributed by atoms with van der Waals surface area (Å²) in [5.41, 5.74) is 1.91. The molecule has 0 aliphatic heterocycles. The van der Waals surface area contributed by atoms with Crippen LogP contribution in [0.15, 0.2) is 54.9 Å². The molecular formula is C19H16F3N3O. The van der Waals surface area contributed by atoms with Gasteiger partial charge in [-0.15, -0.1) is 10.2 Å². The number of carbonyl (C=O) groups excluding carboxylic acids is 1. The van der Waals surface area contributed by atoms with Gasteiger partial charge >= 0.3 is 6.18 Å². The zero-order valence-corrected chi connectivity index (χ0v) is 13.8. The number of halogens is 3. The first-order chi connectivity index (χ1) is 12.5. The van der Waals surface area contributed by atoms with Crippen molar-refractivity contribution < 1.29 is 18.0 Å². The van der Waals surface area contributed by atoms with Crippen molar-refractivity contribution in [1.82, 2.24) is 14.8 Å². The predicted octanol–water partition coefficient (Wildman–Crippen LogP) is 4.14. The quantitative estimate of drug-likeness (QED) is 0.622. The van der Waals surface area contributed by atoms with E-state index in [1.54, 1.807) is 6.33 Å². The Morgan fingerprint density at radius 2 is 1.58 bits per heavy atom. The third-order valence-corrected chi connectivity index (χ3v) is 4.03. The second-order valence-electron chi connectivity index (χ2n) is 5.85. The largest absolute Gasteiger partial charge is 0.416 e. The fourth-order valence-electron chi connectivity index (χ4n) is 2.64. The van der Waals surface area contributed by atoms with E-state index in [2.05, 4.69) is 10.2 Å². The molecule has 1 heterocycles. The Labute approximate surface area is 148 Å². The van der Waals surface area contributed by atoms with E-state index in [-0.39, 0.29) is 0 Å². The standard InChI is InChI=1S/C19H16F3N3O/c20-19(21,22)17-9-7-16(8-10-17)15-5-3-14(4-6-15)12-25-13-23-24-18(25)2-1-11-26/h3-11,13H,1-2,12H2. The molecule has 0 saturated carbocycles. The highest BCUT2D eigenvalue weighted by Crippen LogP contribution is 2.31. The third-order valence-electron chi connectivity index (χ3n) is 4.03. The minimum absolute atomic E-state index is 0.394. The summed E-state index contributed by atoms with van der Waals surface area (Å²) < 4.78 is 39.8. The van der Waals surface area contributed by atoms with Crippen molar-refractivity contribution in [3.63, 3.8) is 0 Å². The first-order valence-corrected chi connectivity index (χ1v) is 8.04. The van der Waals surface area contributed by atoms with E-state index in [4.69, 9.17) is 0 Å². The van der Waals surface area contributed by atoms with Crippen molar-refractivity contribution in [2.45, 2.75) is 25.6 Å². The summed E-state index contributed by atoms with van der Waals surface area (Å²) in [5, 5.41) is 7.87. The zero-order valence-electron chi connectivity index (χ0n) is 13.8. The third kappa shape index (κ3) is 4.17. The van der Waals surface area contributed by atoms with Crippen LogP contribution in [0.2, 0.25) is 0 Å². The van der Waals surface area contributed by atoms with Gasteiger partial charge in [0.1, 0.15) is 18.4 Å². The Morgan fingerprint density at radius 3 is 2.15 bits per heavy atom. The molecule has 2 aromatic carbocycles. The van der Waals surface area contributed by atoms with Crippen molar-refractivity contribution in [2.75, 3.05) is 0 Å². The van der Waals surface area contributed by atoms with E-state index in [0.29, 0.717) is 19.4 Å². The van der Waals surface area contributed by atoms with Crippen molar-refractivity contribution >= 4 is 6.29 Å². The lowest BCUT2D eigenvalue weighted by molar-refractivity contribution is -0.137. The number of carbonyl (C=O) groups is 1. The molecule has 0 amide bonds. The topological polar surface area (TPSA) is 47.8 Å². The molecule has 0 aliphatic rings. The van der Waals surface area contributed by atoms with E-state index in [1.807, 2.05) is 28.8 Å². The molecule has 134 valence electrons. The van der Waals surface area contributed by atoms with Crippen molar-refractivity contribution in [3.8, 4) is 11.1 Å². The highest BCUT2D eigenvalue weighted by molar-refractivity contribution is 5.64. The normalized spacial score (nSPS) is 11.5. The second-order valence-corrected chi connectivity index (χ2v) is 5.85. The summed E-state index contributed by atoms with van der Waals surface area (Å²) in [6, 6.07) is 12.7. The van der Waals surface area contributed by atoms with Crippen LogP contribution >= 0.6 is 0 Å². The maximum Gasteiger partial charge on any atom is 0.416 e. The average molecular weight is 359 g/mol. The fraction of sp³-hybridized carbons (Fsp3) is 0.211. The Balaban J connectivity index is 1.73. The number of aldehydes is 1. The first-order valence-electron chi connectivity index (χ1n) is 8.04. The molecule has 0 spiro atoms. The monoisotopic (exact) mass is 359 g/mol. The van der Waals surface area contributed by atoms with Crippen LogP contribution < -0.4 is 0 Å². The van der Waals surface area contributed by atoms with E-state index in [1.165, 1.54) is 12.1 Å². The summed E-state index contributed by atoms with van der Waals surface area (Å²) in [7, 11) is 0. The number of aromatic nitrogens is 3. The van der Waals surface area contributed by atoms with Gasteiger partial charge in [0.05, 0.1) is 12.1 Å². The summed E-state index contributed by atoms with van der Waals surface area (Å²) in [6.45, 7) is 0.564. The van der Waals surface area contributed by atoms with Crippen LogP contribution in [-0.2, 0) is 23.9 Å². The zero-order chi connectivity index (χ0) is 18.6. The number of alkyl halides is 3. The summed E-state index contributed by atoms with van der Waals surface area (Å²) in [4.78, 5) is 10.5. The number of rotatable bonds is 6. The number of benzene rings is 2. The van der Waals surface area contributed by atoms with E-state index < -0.39 is 11.7 Å². The molecule has 0 fully saturated rings. The molecule has 0 radical (unpaired) electrons. The minimum atomic E-state index is -4.33. The molecule has 1 aromatic heterocycles. The molecule has 0 bridgehead atoms. The fourth-order valence-corrected chi connectivity index (χ4v) is 2.64. The van der Waals surface area contributed by atoms with Crippen LogP contribution in [0.4, 0.5) is 13.2 Å². The summed E-state index contributed by atoms with van der Waals surface area (Å²) in [6.07, 6.45) is -0.941. The van der Waals surface area contributed by atoms with Gasteiger partial charge in [0, 0.05) is 12.8 Å². The van der Waals surface area contributed by atoms with Crippen LogP contribution in [-0.4, -0.2) is 21.1 Å². The number of hydrogen-bond donors (Lipinski definition) is 0. The molecular weight excluding hydrogens is 343 g/mol. The van der Waals surface area contributed by atoms with Gasteiger partial charge < -0.3 is 9.36 Å². The smallest absolute Gasteiger partial charge is 0.313 e. The van der Waals surface area contributed by atoms with Crippen LogP contribution in [0.25, 0.3) is 11.1 Å². The lowest BCUT2D eigenvalue weighted by atomic mass is 10.0. The Kier molecular flexibility index (Phi) is 5.16. The Morgan fingerprint density at radius 1 is 0.962 bits per heavy atom. The van der Waals surface area contributed by atoms with Crippen molar-refractivity contribution in [1.29, 1.82) is 0 Å². The van der Waals surface area contributed by atoms with Crippen LogP contribution in [0.3, 0.4) is 0 Å². The second kappa shape index (κ2) is 7.51.